The molecule has 0 aliphatic heterocycles. The Kier molecular flexibility index (Phi) is 76.7. The lowest BCUT2D eigenvalue weighted by atomic mass is 10.0. The van der Waals surface area contributed by atoms with Gasteiger partial charge in [-0.25, -0.2) is 4.57 Å². The van der Waals surface area contributed by atoms with Crippen LogP contribution in [0.15, 0.2) is 122 Å². The number of hydrogen-bond acceptors (Lipinski definition) is 7. The summed E-state index contributed by atoms with van der Waals surface area (Å²) in [5.41, 5.74) is 0. The van der Waals surface area contributed by atoms with Gasteiger partial charge in [0.05, 0.1) is 27.7 Å². The summed E-state index contributed by atoms with van der Waals surface area (Å²) in [4.78, 5) is 36.0. The summed E-state index contributed by atoms with van der Waals surface area (Å²) in [7, 11) is 1.49. The fraction of sp³-hybridized carbons (Fsp3) is 0.756. The number of hydrogen-bond donors (Lipinski definition) is 1. The molecule has 1 N–H and O–H groups in total. The van der Waals surface area contributed by atoms with Crippen LogP contribution in [0.3, 0.4) is 0 Å². The number of phosphoric acid groups is 1. The fourth-order valence-corrected chi connectivity index (χ4v) is 12.9. The van der Waals surface area contributed by atoms with Gasteiger partial charge in [0, 0.05) is 12.8 Å². The van der Waals surface area contributed by atoms with Crippen LogP contribution in [-0.4, -0.2) is 74.9 Å². The highest BCUT2D eigenvalue weighted by Crippen LogP contribution is 2.43. The number of rotatable bonds is 78. The Bertz CT molecular complexity index is 2110. The summed E-state index contributed by atoms with van der Waals surface area (Å²) in [6.45, 7) is 4.26. The van der Waals surface area contributed by atoms with E-state index in [1.54, 1.807) is 0 Å². The molecular weight excluding hydrogens is 1250 g/mol. The van der Waals surface area contributed by atoms with E-state index in [9.17, 15) is 19.0 Å². The molecule has 578 valence electrons. The number of carbonyl (C=O) groups excluding carboxylic acids is 2. The molecule has 9 nitrogen and oxygen atoms in total. The molecule has 0 spiro atoms. The van der Waals surface area contributed by atoms with Crippen LogP contribution in [0.25, 0.3) is 0 Å². The molecule has 10 heteroatoms. The van der Waals surface area contributed by atoms with E-state index in [0.29, 0.717) is 17.4 Å². The van der Waals surface area contributed by atoms with Gasteiger partial charge in [-0.1, -0.05) is 392 Å². The predicted molar refractivity (Wildman–Crippen MR) is 436 cm³/mol. The lowest BCUT2D eigenvalue weighted by Gasteiger charge is -2.24. The van der Waals surface area contributed by atoms with E-state index < -0.39 is 26.5 Å². The molecule has 0 heterocycles. The van der Waals surface area contributed by atoms with E-state index in [-0.39, 0.29) is 32.0 Å². The van der Waals surface area contributed by atoms with E-state index >= 15 is 0 Å². The highest BCUT2D eigenvalue weighted by molar-refractivity contribution is 7.47. The Balaban J connectivity index is 3.90. The third kappa shape index (κ3) is 83.4. The molecular formula is C90H161NO8P+. The smallest absolute Gasteiger partial charge is 0.462 e. The molecule has 2 unspecified atom stereocenters. The highest BCUT2D eigenvalue weighted by Gasteiger charge is 2.27. The largest absolute Gasteiger partial charge is 0.472 e. The number of quaternary nitrogens is 1. The van der Waals surface area contributed by atoms with Crippen molar-refractivity contribution in [1.82, 2.24) is 0 Å². The average Bonchev–Trinajstić information content (AvgIpc) is 1.30. The number of unbranched alkanes of at least 4 members (excludes halogenated alkanes) is 44. The Morgan fingerprint density at radius 3 is 0.800 bits per heavy atom. The molecule has 0 aromatic carbocycles. The number of ether oxygens (including phenoxy) is 2. The zero-order chi connectivity index (χ0) is 72.5. The summed E-state index contributed by atoms with van der Waals surface area (Å²) in [6, 6.07) is 0. The normalized spacial score (nSPS) is 13.6. The van der Waals surface area contributed by atoms with Crippen LogP contribution in [0.1, 0.15) is 386 Å². The second-order valence-electron chi connectivity index (χ2n) is 29.5. The van der Waals surface area contributed by atoms with Gasteiger partial charge in [0.25, 0.3) is 0 Å². The van der Waals surface area contributed by atoms with E-state index in [0.717, 1.165) is 96.3 Å². The Labute approximate surface area is 619 Å². The molecule has 0 aromatic heterocycles. The summed E-state index contributed by atoms with van der Waals surface area (Å²) in [5.74, 6) is -0.779. The van der Waals surface area contributed by atoms with Gasteiger partial charge in [-0.3, -0.25) is 18.6 Å². The maximum absolute atomic E-state index is 12.9. The van der Waals surface area contributed by atoms with E-state index in [2.05, 4.69) is 135 Å². The van der Waals surface area contributed by atoms with E-state index in [1.165, 1.54) is 257 Å². The molecule has 0 saturated heterocycles. The highest BCUT2D eigenvalue weighted by atomic mass is 31.2. The van der Waals surface area contributed by atoms with Crippen LogP contribution < -0.4 is 0 Å². The van der Waals surface area contributed by atoms with Crippen molar-refractivity contribution in [2.45, 2.75) is 392 Å². The van der Waals surface area contributed by atoms with Crippen LogP contribution in [0.4, 0.5) is 0 Å². The average molecular weight is 1420 g/mol. The molecule has 0 fully saturated rings. The van der Waals surface area contributed by atoms with Crippen LogP contribution in [0.5, 0.6) is 0 Å². The third-order valence-corrected chi connectivity index (χ3v) is 19.5. The monoisotopic (exact) mass is 1420 g/mol. The lowest BCUT2D eigenvalue weighted by Crippen LogP contribution is -2.37. The van der Waals surface area contributed by atoms with Crippen LogP contribution in [-0.2, 0) is 32.7 Å². The Morgan fingerprint density at radius 2 is 0.540 bits per heavy atom. The van der Waals surface area contributed by atoms with E-state index in [4.69, 9.17) is 18.5 Å². The minimum atomic E-state index is -4.40. The Hall–Kier alpha value is -3.59. The van der Waals surface area contributed by atoms with Crippen molar-refractivity contribution in [1.29, 1.82) is 0 Å². The van der Waals surface area contributed by atoms with E-state index in [1.807, 2.05) is 21.1 Å². The summed E-state index contributed by atoms with van der Waals surface area (Å²) >= 11 is 0. The summed E-state index contributed by atoms with van der Waals surface area (Å²) in [5, 5.41) is 0. The van der Waals surface area contributed by atoms with Gasteiger partial charge in [0.2, 0.25) is 0 Å². The molecule has 0 rings (SSSR count). The standard InChI is InChI=1S/C90H160NO8P/c1-6-8-10-12-14-16-18-20-22-24-26-28-30-32-34-36-38-40-42-43-44-45-46-47-49-51-53-55-57-59-61-63-65-67-69-71-73-75-77-79-81-83-90(93)99-88(87-98-100(94,95)97-85-84-91(3,4)5)86-96-89(92)82-80-78-76-74-72-70-68-66-64-62-60-58-56-54-52-50-48-41-39-37-35-33-31-29-27-25-23-21-19-17-15-13-11-9-7-2/h8-11,14-17,20-23,26-29,32-35,88H,6-7,12-13,18-19,24-25,30-31,36-87H2,1-5H3/p+1/b10-8-,11-9-,16-14-,17-15-,22-20-,23-21-,28-26-,29-27-,34-32-,35-33-. The molecule has 0 aliphatic carbocycles. The van der Waals surface area contributed by atoms with Crippen molar-refractivity contribution in [3.05, 3.63) is 122 Å². The van der Waals surface area contributed by atoms with Crippen molar-refractivity contribution in [2.24, 2.45) is 0 Å². The minimum absolute atomic E-state index is 0.0314. The maximum atomic E-state index is 12.9. The molecule has 0 saturated carbocycles. The molecule has 100 heavy (non-hydrogen) atoms. The van der Waals surface area contributed by atoms with Crippen molar-refractivity contribution in [3.63, 3.8) is 0 Å². The zero-order valence-corrected chi connectivity index (χ0v) is 67.1. The predicted octanol–water partition coefficient (Wildman–Crippen LogP) is 28.5. The van der Waals surface area contributed by atoms with Crippen molar-refractivity contribution in [3.8, 4) is 0 Å². The first kappa shape index (κ1) is 96.4. The SMILES string of the molecule is CC/C=C\C/C=C\C/C=C\C/C=C\C/C=C\CCCCCCCCCCCCCCCCCCCCCCCCCCCC(=O)OC(COC(=O)CCCCCCCCCCCCCCCCCCCCC/C=C\C/C=C\C/C=C\C/C=C\C/C=C\CC)COP(=O)(O)OCC[N+](C)(C)C. The second-order valence-corrected chi connectivity index (χ2v) is 30.9. The molecule has 0 amide bonds. The number of carbonyl (C=O) groups is 2. The zero-order valence-electron chi connectivity index (χ0n) is 66.2. The number of esters is 2. The molecule has 0 bridgehead atoms. The van der Waals surface area contributed by atoms with Gasteiger partial charge in [-0.2, -0.15) is 0 Å². The van der Waals surface area contributed by atoms with Gasteiger partial charge < -0.3 is 18.9 Å². The topological polar surface area (TPSA) is 108 Å². The van der Waals surface area contributed by atoms with Gasteiger partial charge in [0.15, 0.2) is 6.10 Å². The lowest BCUT2D eigenvalue weighted by molar-refractivity contribution is -0.870. The second kappa shape index (κ2) is 79.5. The van der Waals surface area contributed by atoms with Crippen LogP contribution in [0, 0.1) is 0 Å². The molecule has 0 aromatic rings. The third-order valence-electron chi connectivity index (χ3n) is 18.5. The van der Waals surface area contributed by atoms with Crippen LogP contribution in [0.2, 0.25) is 0 Å². The maximum Gasteiger partial charge on any atom is 0.472 e. The number of nitrogens with zero attached hydrogens (tertiary/aromatic N) is 1. The molecule has 0 radical (unpaired) electrons. The number of likely N-dealkylation sites (N-methyl/N-ethyl adjacent to an activating group) is 1. The van der Waals surface area contributed by atoms with Crippen molar-refractivity contribution in [2.75, 3.05) is 47.5 Å². The quantitative estimate of drug-likeness (QED) is 0.0211. The molecule has 0 aliphatic rings. The van der Waals surface area contributed by atoms with Gasteiger partial charge >= 0.3 is 19.8 Å². The fourth-order valence-electron chi connectivity index (χ4n) is 12.1. The minimum Gasteiger partial charge on any atom is -0.462 e. The van der Waals surface area contributed by atoms with Gasteiger partial charge in [-0.05, 0) is 103 Å². The van der Waals surface area contributed by atoms with Gasteiger partial charge in [0.1, 0.15) is 19.8 Å². The summed E-state index contributed by atoms with van der Waals surface area (Å²) < 4.78 is 34.9. The van der Waals surface area contributed by atoms with Crippen molar-refractivity contribution >= 4 is 19.8 Å². The Morgan fingerprint density at radius 1 is 0.310 bits per heavy atom. The first-order chi connectivity index (χ1) is 49.0. The summed E-state index contributed by atoms with van der Waals surface area (Å²) in [6.07, 6.45) is 115. The first-order valence-corrected chi connectivity index (χ1v) is 43.8. The van der Waals surface area contributed by atoms with Gasteiger partial charge in [-0.15, -0.1) is 0 Å². The van der Waals surface area contributed by atoms with Crippen molar-refractivity contribution < 1.29 is 42.1 Å². The number of phosphoric ester groups is 1. The molecule has 2 atom stereocenters. The van der Waals surface area contributed by atoms with Crippen LogP contribution >= 0.6 is 7.82 Å². The number of allylic oxidation sites excluding steroid dienone is 20. The first-order valence-electron chi connectivity index (χ1n) is 42.3.